The predicted octanol–water partition coefficient (Wildman–Crippen LogP) is 3.87. The minimum Gasteiger partial charge on any atom is -0.351 e. The highest BCUT2D eigenvalue weighted by molar-refractivity contribution is 5.98. The van der Waals surface area contributed by atoms with Gasteiger partial charge in [-0.3, -0.25) is 14.3 Å². The van der Waals surface area contributed by atoms with Crippen LogP contribution in [0.25, 0.3) is 0 Å². The molecule has 0 bridgehead atoms. The molecule has 2 amide bonds. The van der Waals surface area contributed by atoms with Crippen LogP contribution in [0, 0.1) is 0 Å². The molecule has 0 radical (unpaired) electrons. The molecule has 2 aliphatic carbocycles. The summed E-state index contributed by atoms with van der Waals surface area (Å²) in [7, 11) is 0. The first kappa shape index (κ1) is 19.7. The molecule has 1 aromatic heterocycles. The molecule has 4 rings (SSSR count). The van der Waals surface area contributed by atoms with E-state index in [0.29, 0.717) is 5.56 Å². The number of nitrogens with one attached hydrogen (secondary N) is 1. The van der Waals surface area contributed by atoms with E-state index < -0.39 is 6.04 Å². The van der Waals surface area contributed by atoms with Gasteiger partial charge in [-0.1, -0.05) is 43.2 Å². The molecule has 1 N–H and O–H groups in total. The van der Waals surface area contributed by atoms with Crippen LogP contribution in [0.3, 0.4) is 0 Å². The first-order chi connectivity index (χ1) is 14.0. The Morgan fingerprint density at radius 1 is 1.10 bits per heavy atom. The number of benzene rings is 1. The molecule has 1 heterocycles. The van der Waals surface area contributed by atoms with Crippen molar-refractivity contribution in [2.24, 2.45) is 0 Å². The van der Waals surface area contributed by atoms with Gasteiger partial charge in [-0.25, -0.2) is 0 Å². The van der Waals surface area contributed by atoms with Gasteiger partial charge in [0.25, 0.3) is 5.91 Å². The number of hydrogen-bond acceptors (Lipinski definition) is 3. The molecule has 6 nitrogen and oxygen atoms in total. The van der Waals surface area contributed by atoms with E-state index in [1.54, 1.807) is 22.0 Å². The van der Waals surface area contributed by atoms with Gasteiger partial charge in [-0.2, -0.15) is 5.10 Å². The maximum atomic E-state index is 13.5. The van der Waals surface area contributed by atoms with E-state index in [1.165, 1.54) is 0 Å². The lowest BCUT2D eigenvalue weighted by atomic mass is 10.0. The van der Waals surface area contributed by atoms with Gasteiger partial charge in [0.2, 0.25) is 5.91 Å². The van der Waals surface area contributed by atoms with Gasteiger partial charge in [0.1, 0.15) is 6.04 Å². The van der Waals surface area contributed by atoms with Crippen molar-refractivity contribution in [3.05, 3.63) is 53.9 Å². The fourth-order valence-corrected chi connectivity index (χ4v) is 4.15. The summed E-state index contributed by atoms with van der Waals surface area (Å²) in [5, 5.41) is 7.54. The minimum absolute atomic E-state index is 0.0698. The lowest BCUT2D eigenvalue weighted by Gasteiger charge is -2.32. The Bertz CT molecular complexity index is 851. The van der Waals surface area contributed by atoms with Crippen molar-refractivity contribution in [3.63, 3.8) is 0 Å². The van der Waals surface area contributed by atoms with Crippen LogP contribution in [0.1, 0.15) is 80.4 Å². The Labute approximate surface area is 172 Å². The van der Waals surface area contributed by atoms with E-state index in [1.807, 2.05) is 44.2 Å². The summed E-state index contributed by atoms with van der Waals surface area (Å²) in [6, 6.07) is 9.57. The third-order valence-corrected chi connectivity index (χ3v) is 5.90. The van der Waals surface area contributed by atoms with Crippen molar-refractivity contribution >= 4 is 11.8 Å². The van der Waals surface area contributed by atoms with Crippen molar-refractivity contribution in [2.75, 3.05) is 0 Å². The number of aromatic nitrogens is 2. The summed E-state index contributed by atoms with van der Waals surface area (Å²) in [5.41, 5.74) is 1.40. The van der Waals surface area contributed by atoms with Gasteiger partial charge in [-0.15, -0.1) is 0 Å². The third-order valence-electron chi connectivity index (χ3n) is 5.90. The maximum Gasteiger partial charge on any atom is 0.258 e. The fraction of sp³-hybridized carbons (Fsp3) is 0.522. The monoisotopic (exact) mass is 394 g/mol. The summed E-state index contributed by atoms with van der Waals surface area (Å²) in [6.45, 7) is 4.06. The van der Waals surface area contributed by atoms with Crippen LogP contribution in [-0.2, 0) is 4.79 Å². The molecule has 2 aromatic rings. The number of rotatable bonds is 7. The smallest absolute Gasteiger partial charge is 0.258 e. The molecule has 29 heavy (non-hydrogen) atoms. The molecule has 1 unspecified atom stereocenters. The molecule has 0 saturated heterocycles. The van der Waals surface area contributed by atoms with Gasteiger partial charge >= 0.3 is 0 Å². The highest BCUT2D eigenvalue weighted by atomic mass is 16.2. The summed E-state index contributed by atoms with van der Waals surface area (Å²) in [5.74, 6) is -0.186. The molecule has 6 heteroatoms. The van der Waals surface area contributed by atoms with E-state index in [2.05, 4.69) is 10.4 Å². The largest absolute Gasteiger partial charge is 0.351 e. The lowest BCUT2D eigenvalue weighted by Crippen LogP contribution is -2.47. The van der Waals surface area contributed by atoms with Crippen molar-refractivity contribution in [2.45, 2.75) is 76.5 Å². The quantitative estimate of drug-likeness (QED) is 0.775. The summed E-state index contributed by atoms with van der Waals surface area (Å²) >= 11 is 0. The number of amides is 2. The molecule has 1 aromatic carbocycles. The number of carbonyl (C=O) groups excluding carboxylic acids is 2. The third kappa shape index (κ3) is 4.36. The fourth-order valence-electron chi connectivity index (χ4n) is 4.15. The van der Waals surface area contributed by atoms with Crippen LogP contribution in [0.15, 0.2) is 42.7 Å². The molecular formula is C23H30N4O2. The van der Waals surface area contributed by atoms with Gasteiger partial charge in [0.05, 0.1) is 11.8 Å². The molecule has 1 atom stereocenters. The van der Waals surface area contributed by atoms with E-state index in [4.69, 9.17) is 0 Å². The lowest BCUT2D eigenvalue weighted by molar-refractivity contribution is -0.126. The molecule has 0 spiro atoms. The molecule has 2 fully saturated rings. The van der Waals surface area contributed by atoms with Crippen molar-refractivity contribution in [3.8, 4) is 0 Å². The maximum absolute atomic E-state index is 13.5. The predicted molar refractivity (Wildman–Crippen MR) is 111 cm³/mol. The van der Waals surface area contributed by atoms with E-state index in [0.717, 1.165) is 44.1 Å². The molecule has 0 aliphatic heterocycles. The van der Waals surface area contributed by atoms with E-state index in [-0.39, 0.29) is 29.9 Å². The standard InChI is InChI=1S/C23H30N4O2/c1-16(2)26-15-18(14-24-26)23(29)27(20-12-13-20)21(17-8-4-3-5-9-17)22(28)25-19-10-6-7-11-19/h3-5,8-9,14-16,19-21H,6-7,10-13H2,1-2H3,(H,25,28). The average Bonchev–Trinajstić information content (AvgIpc) is 3.19. The Morgan fingerprint density at radius 2 is 1.79 bits per heavy atom. The molecular weight excluding hydrogens is 364 g/mol. The second-order valence-corrected chi connectivity index (χ2v) is 8.55. The van der Waals surface area contributed by atoms with Crippen LogP contribution in [0.2, 0.25) is 0 Å². The zero-order valence-corrected chi connectivity index (χ0v) is 17.3. The van der Waals surface area contributed by atoms with Crippen LogP contribution in [0.5, 0.6) is 0 Å². The van der Waals surface area contributed by atoms with Crippen molar-refractivity contribution < 1.29 is 9.59 Å². The Hall–Kier alpha value is -2.63. The van der Waals surface area contributed by atoms with Gasteiger partial charge in [-0.05, 0) is 45.1 Å². The molecule has 2 saturated carbocycles. The SMILES string of the molecule is CC(C)n1cc(C(=O)N(C2CC2)C(C(=O)NC2CCCC2)c2ccccc2)cn1. The van der Waals surface area contributed by atoms with Crippen LogP contribution in [0.4, 0.5) is 0 Å². The van der Waals surface area contributed by atoms with E-state index >= 15 is 0 Å². The Kier molecular flexibility index (Phi) is 5.69. The average molecular weight is 395 g/mol. The Morgan fingerprint density at radius 3 is 2.38 bits per heavy atom. The molecule has 154 valence electrons. The second-order valence-electron chi connectivity index (χ2n) is 8.55. The first-order valence-corrected chi connectivity index (χ1v) is 10.8. The van der Waals surface area contributed by atoms with Gasteiger partial charge < -0.3 is 10.2 Å². The van der Waals surface area contributed by atoms with Crippen molar-refractivity contribution in [1.29, 1.82) is 0 Å². The number of carbonyl (C=O) groups is 2. The number of hydrogen-bond donors (Lipinski definition) is 1. The zero-order chi connectivity index (χ0) is 20.4. The van der Waals surface area contributed by atoms with Gasteiger partial charge in [0, 0.05) is 24.3 Å². The Balaban J connectivity index is 1.65. The zero-order valence-electron chi connectivity index (χ0n) is 17.3. The summed E-state index contributed by atoms with van der Waals surface area (Å²) in [6.07, 6.45) is 9.63. The topological polar surface area (TPSA) is 67.2 Å². The van der Waals surface area contributed by atoms with Crippen LogP contribution in [-0.4, -0.2) is 38.6 Å². The normalized spacial score (nSPS) is 18.0. The second kappa shape index (κ2) is 8.39. The highest BCUT2D eigenvalue weighted by Gasteiger charge is 2.42. The van der Waals surface area contributed by atoms with E-state index in [9.17, 15) is 9.59 Å². The minimum atomic E-state index is -0.612. The summed E-state index contributed by atoms with van der Waals surface area (Å²) in [4.78, 5) is 28.7. The highest BCUT2D eigenvalue weighted by Crippen LogP contribution is 2.36. The van der Waals surface area contributed by atoms with Crippen LogP contribution < -0.4 is 5.32 Å². The van der Waals surface area contributed by atoms with Crippen LogP contribution >= 0.6 is 0 Å². The first-order valence-electron chi connectivity index (χ1n) is 10.8. The summed E-state index contributed by atoms with van der Waals surface area (Å²) < 4.78 is 1.79. The number of nitrogens with zero attached hydrogens (tertiary/aromatic N) is 3. The van der Waals surface area contributed by atoms with Gasteiger partial charge in [0.15, 0.2) is 0 Å². The molecule has 2 aliphatic rings. The van der Waals surface area contributed by atoms with Crippen molar-refractivity contribution in [1.82, 2.24) is 20.0 Å².